The molecule has 0 spiro atoms. The molecule has 0 saturated heterocycles. The van der Waals surface area contributed by atoms with Crippen LogP contribution in [0.2, 0.25) is 0 Å². The number of hydrogen-bond donors (Lipinski definition) is 1. The van der Waals surface area contributed by atoms with Crippen LogP contribution >= 0.6 is 22.9 Å². The van der Waals surface area contributed by atoms with Gasteiger partial charge in [0.15, 0.2) is 0 Å². The SMILES string of the molecule is c1ccc2c(NCc3cncs3)snc2c1. The highest BCUT2D eigenvalue weighted by Crippen LogP contribution is 2.27. The van der Waals surface area contributed by atoms with Crippen LogP contribution in [0.1, 0.15) is 4.88 Å². The van der Waals surface area contributed by atoms with Gasteiger partial charge in [0, 0.05) is 16.5 Å². The molecule has 0 aliphatic rings. The summed E-state index contributed by atoms with van der Waals surface area (Å²) < 4.78 is 4.39. The molecular weight excluding hydrogens is 238 g/mol. The van der Waals surface area contributed by atoms with Crippen molar-refractivity contribution in [2.24, 2.45) is 0 Å². The first-order valence-corrected chi connectivity index (χ1v) is 6.54. The van der Waals surface area contributed by atoms with Crippen LogP contribution in [0.5, 0.6) is 0 Å². The summed E-state index contributed by atoms with van der Waals surface area (Å²) in [6.45, 7) is 0.816. The van der Waals surface area contributed by atoms with Gasteiger partial charge in [0.2, 0.25) is 0 Å². The number of anilines is 1. The third-order valence-corrected chi connectivity index (χ3v) is 3.91. The molecule has 0 unspecified atom stereocenters. The zero-order chi connectivity index (χ0) is 10.8. The zero-order valence-corrected chi connectivity index (χ0v) is 10.0. The fourth-order valence-electron chi connectivity index (χ4n) is 1.51. The molecule has 2 heterocycles. The Balaban J connectivity index is 1.84. The number of benzene rings is 1. The highest BCUT2D eigenvalue weighted by atomic mass is 32.1. The molecule has 3 rings (SSSR count). The van der Waals surface area contributed by atoms with Gasteiger partial charge in [-0.15, -0.1) is 11.3 Å². The predicted octanol–water partition coefficient (Wildman–Crippen LogP) is 3.36. The lowest BCUT2D eigenvalue weighted by molar-refractivity contribution is 1.19. The van der Waals surface area contributed by atoms with Gasteiger partial charge < -0.3 is 5.32 Å². The molecule has 0 atom stereocenters. The van der Waals surface area contributed by atoms with E-state index >= 15 is 0 Å². The maximum Gasteiger partial charge on any atom is 0.117 e. The molecule has 16 heavy (non-hydrogen) atoms. The average Bonchev–Trinajstić information content (AvgIpc) is 2.96. The standard InChI is InChI=1S/C11H9N3S2/c1-2-4-10-9(3-1)11(16-14-10)13-6-8-5-12-7-15-8/h1-5,7,13H,6H2. The van der Waals surface area contributed by atoms with Crippen molar-refractivity contribution < 1.29 is 0 Å². The summed E-state index contributed by atoms with van der Waals surface area (Å²) in [5, 5.41) is 5.72. The molecule has 80 valence electrons. The Kier molecular flexibility index (Phi) is 2.55. The lowest BCUT2D eigenvalue weighted by Crippen LogP contribution is -1.95. The maximum atomic E-state index is 4.39. The Bertz CT molecular complexity index is 586. The molecule has 0 aliphatic carbocycles. The molecule has 0 amide bonds. The van der Waals surface area contributed by atoms with E-state index < -0.39 is 0 Å². The van der Waals surface area contributed by atoms with Crippen LogP contribution < -0.4 is 5.32 Å². The van der Waals surface area contributed by atoms with Gasteiger partial charge in [-0.05, 0) is 23.7 Å². The molecule has 5 heteroatoms. The fourth-order valence-corrected chi connectivity index (χ4v) is 2.80. The van der Waals surface area contributed by atoms with Gasteiger partial charge in [0.1, 0.15) is 5.00 Å². The second-order valence-corrected chi connectivity index (χ2v) is 5.09. The summed E-state index contributed by atoms with van der Waals surface area (Å²) in [6.07, 6.45) is 1.89. The molecule has 0 saturated carbocycles. The molecule has 0 aliphatic heterocycles. The van der Waals surface area contributed by atoms with Crippen LogP contribution in [0.4, 0.5) is 5.00 Å². The van der Waals surface area contributed by atoms with Gasteiger partial charge >= 0.3 is 0 Å². The maximum absolute atomic E-state index is 4.39. The largest absolute Gasteiger partial charge is 0.370 e. The number of nitrogens with zero attached hydrogens (tertiary/aromatic N) is 2. The molecule has 3 nitrogen and oxygen atoms in total. The molecule has 0 radical (unpaired) electrons. The number of fused-ring (bicyclic) bond motifs is 1. The second-order valence-electron chi connectivity index (χ2n) is 3.35. The second kappa shape index (κ2) is 4.19. The fraction of sp³-hybridized carbons (Fsp3) is 0.0909. The topological polar surface area (TPSA) is 37.8 Å². The first kappa shape index (κ1) is 9.74. The number of aromatic nitrogens is 2. The molecule has 0 fully saturated rings. The van der Waals surface area contributed by atoms with Crippen LogP contribution in [-0.2, 0) is 6.54 Å². The van der Waals surface area contributed by atoms with Crippen LogP contribution in [-0.4, -0.2) is 9.36 Å². The van der Waals surface area contributed by atoms with Crippen molar-refractivity contribution in [3.63, 3.8) is 0 Å². The summed E-state index contributed by atoms with van der Waals surface area (Å²) >= 11 is 3.17. The molecule has 1 aromatic carbocycles. The minimum atomic E-state index is 0.816. The summed E-state index contributed by atoms with van der Waals surface area (Å²) in [7, 11) is 0. The summed E-state index contributed by atoms with van der Waals surface area (Å²) in [5.74, 6) is 0. The third kappa shape index (κ3) is 1.79. The van der Waals surface area contributed by atoms with Crippen molar-refractivity contribution in [2.75, 3.05) is 5.32 Å². The van der Waals surface area contributed by atoms with E-state index in [1.165, 1.54) is 21.8 Å². The molecule has 2 aromatic heterocycles. The zero-order valence-electron chi connectivity index (χ0n) is 8.38. The smallest absolute Gasteiger partial charge is 0.117 e. The first-order chi connectivity index (χ1) is 7.93. The van der Waals surface area contributed by atoms with Crippen LogP contribution in [0.3, 0.4) is 0 Å². The van der Waals surface area contributed by atoms with E-state index in [0.29, 0.717) is 0 Å². The monoisotopic (exact) mass is 247 g/mol. The summed E-state index contributed by atoms with van der Waals surface area (Å²) in [6, 6.07) is 8.17. The van der Waals surface area contributed by atoms with Crippen LogP contribution in [0.15, 0.2) is 36.0 Å². The van der Waals surface area contributed by atoms with Gasteiger partial charge in [-0.1, -0.05) is 12.1 Å². The van der Waals surface area contributed by atoms with Crippen molar-refractivity contribution in [3.05, 3.63) is 40.8 Å². The van der Waals surface area contributed by atoms with Gasteiger partial charge in [-0.3, -0.25) is 4.98 Å². The van der Waals surface area contributed by atoms with E-state index in [1.54, 1.807) is 11.3 Å². The van der Waals surface area contributed by atoms with Crippen molar-refractivity contribution in [2.45, 2.75) is 6.54 Å². The Morgan fingerprint density at radius 3 is 3.06 bits per heavy atom. The lowest BCUT2D eigenvalue weighted by Gasteiger charge is -2.00. The van der Waals surface area contributed by atoms with Crippen molar-refractivity contribution in [1.82, 2.24) is 9.36 Å². The number of thiazole rings is 1. The lowest BCUT2D eigenvalue weighted by atomic mass is 10.2. The Labute approximate surface area is 101 Å². The van der Waals surface area contributed by atoms with Gasteiger partial charge in [-0.2, -0.15) is 4.37 Å². The minimum absolute atomic E-state index is 0.816. The molecule has 1 N–H and O–H groups in total. The highest BCUT2D eigenvalue weighted by Gasteiger charge is 2.04. The number of rotatable bonds is 3. The van der Waals surface area contributed by atoms with Gasteiger partial charge in [0.25, 0.3) is 0 Å². The molecule has 0 bridgehead atoms. The van der Waals surface area contributed by atoms with Crippen molar-refractivity contribution in [1.29, 1.82) is 0 Å². The van der Waals surface area contributed by atoms with E-state index in [2.05, 4.69) is 20.7 Å². The Morgan fingerprint density at radius 1 is 1.25 bits per heavy atom. The quantitative estimate of drug-likeness (QED) is 0.771. The molecular formula is C11H9N3S2. The highest BCUT2D eigenvalue weighted by molar-refractivity contribution is 7.12. The van der Waals surface area contributed by atoms with E-state index in [-0.39, 0.29) is 0 Å². The van der Waals surface area contributed by atoms with Gasteiger partial charge in [-0.25, -0.2) is 0 Å². The van der Waals surface area contributed by atoms with E-state index in [0.717, 1.165) is 17.1 Å². The number of hydrogen-bond acceptors (Lipinski definition) is 5. The minimum Gasteiger partial charge on any atom is -0.370 e. The first-order valence-electron chi connectivity index (χ1n) is 4.89. The summed E-state index contributed by atoms with van der Waals surface area (Å²) in [5.41, 5.74) is 2.90. The predicted molar refractivity (Wildman–Crippen MR) is 69.1 cm³/mol. The van der Waals surface area contributed by atoms with Crippen molar-refractivity contribution >= 4 is 38.8 Å². The average molecular weight is 247 g/mol. The van der Waals surface area contributed by atoms with Crippen LogP contribution in [0.25, 0.3) is 10.9 Å². The normalized spacial score (nSPS) is 10.8. The van der Waals surface area contributed by atoms with E-state index in [1.807, 2.05) is 29.9 Å². The number of nitrogens with one attached hydrogen (secondary N) is 1. The Hall–Kier alpha value is -1.46. The van der Waals surface area contributed by atoms with Gasteiger partial charge in [0.05, 0.1) is 17.6 Å². The third-order valence-electron chi connectivity index (χ3n) is 2.29. The van der Waals surface area contributed by atoms with E-state index in [9.17, 15) is 0 Å². The molecule has 3 aromatic rings. The van der Waals surface area contributed by atoms with E-state index in [4.69, 9.17) is 0 Å². The Morgan fingerprint density at radius 2 is 2.19 bits per heavy atom. The van der Waals surface area contributed by atoms with Crippen molar-refractivity contribution in [3.8, 4) is 0 Å². The summed E-state index contributed by atoms with van der Waals surface area (Å²) in [4.78, 5) is 5.28. The van der Waals surface area contributed by atoms with Crippen LogP contribution in [0, 0.1) is 0 Å².